The first-order valence-electron chi connectivity index (χ1n) is 7.29. The van der Waals surface area contributed by atoms with Crippen molar-refractivity contribution in [3.05, 3.63) is 42.3 Å². The van der Waals surface area contributed by atoms with Crippen molar-refractivity contribution in [3.8, 4) is 0 Å². The third kappa shape index (κ3) is 3.89. The highest BCUT2D eigenvalue weighted by Gasteiger charge is 2.33. The summed E-state index contributed by atoms with van der Waals surface area (Å²) in [6.45, 7) is 9.84. The zero-order valence-electron chi connectivity index (χ0n) is 12.9. The topological polar surface area (TPSA) is 24.5 Å². The minimum Gasteiger partial charge on any atom is -0.439 e. The molecular formula is C16H25N2OP. The van der Waals surface area contributed by atoms with Crippen LogP contribution in [0, 0.1) is 5.41 Å². The van der Waals surface area contributed by atoms with E-state index in [-0.39, 0.29) is 5.41 Å². The largest absolute Gasteiger partial charge is 0.439 e. The van der Waals surface area contributed by atoms with E-state index in [1.165, 1.54) is 12.8 Å². The molecule has 4 heteroatoms. The number of hydrogen-bond donors (Lipinski definition) is 1. The minimum absolute atomic E-state index is 0.0555. The normalized spacial score (nSPS) is 18.7. The Labute approximate surface area is 124 Å². The lowest BCUT2D eigenvalue weighted by Crippen LogP contribution is -2.13. The van der Waals surface area contributed by atoms with E-state index in [1.54, 1.807) is 0 Å². The van der Waals surface area contributed by atoms with Crippen LogP contribution in [0.2, 0.25) is 0 Å². The van der Waals surface area contributed by atoms with Crippen molar-refractivity contribution in [3.63, 3.8) is 0 Å². The predicted molar refractivity (Wildman–Crippen MR) is 87.2 cm³/mol. The number of allylic oxidation sites excluding steroid dienone is 1. The highest BCUT2D eigenvalue weighted by atomic mass is 31.2. The van der Waals surface area contributed by atoms with Gasteiger partial charge in [0.05, 0.1) is 0 Å². The number of unbranched alkanes of at least 4 members (excludes halogenated alkanes) is 1. The van der Waals surface area contributed by atoms with E-state index in [2.05, 4.69) is 55.8 Å². The molecule has 0 amide bonds. The standard InChI is InChI=1S/C16H25N2OP/c1-5-6-12-18-13-15(16(2,3)4)19-20(18)17-14-10-8-7-9-11-14/h7-11,13,17H,5-6,12H2,1-4H3. The van der Waals surface area contributed by atoms with Crippen molar-refractivity contribution < 1.29 is 4.52 Å². The van der Waals surface area contributed by atoms with Gasteiger partial charge >= 0.3 is 8.45 Å². The monoisotopic (exact) mass is 292 g/mol. The van der Waals surface area contributed by atoms with Gasteiger partial charge in [-0.2, -0.15) is 0 Å². The van der Waals surface area contributed by atoms with E-state index >= 15 is 0 Å². The Hall–Kier alpha value is -1.21. The summed E-state index contributed by atoms with van der Waals surface area (Å²) < 4.78 is 8.51. The van der Waals surface area contributed by atoms with E-state index in [4.69, 9.17) is 4.52 Å². The number of nitrogens with one attached hydrogen (secondary N) is 1. The Morgan fingerprint density at radius 2 is 1.90 bits per heavy atom. The fourth-order valence-electron chi connectivity index (χ4n) is 1.87. The zero-order valence-corrected chi connectivity index (χ0v) is 13.8. The van der Waals surface area contributed by atoms with Crippen LogP contribution >= 0.6 is 8.45 Å². The van der Waals surface area contributed by atoms with Crippen LogP contribution in [0.15, 0.2) is 42.3 Å². The molecule has 1 heterocycles. The van der Waals surface area contributed by atoms with Gasteiger partial charge in [0.25, 0.3) is 0 Å². The third-order valence-electron chi connectivity index (χ3n) is 3.16. The van der Waals surface area contributed by atoms with Crippen molar-refractivity contribution in [2.75, 3.05) is 11.6 Å². The molecule has 0 saturated heterocycles. The fraction of sp³-hybridized carbons (Fsp3) is 0.500. The SMILES string of the molecule is CCCCN1C=C(C(C)(C)C)OP1Nc1ccccc1. The summed E-state index contributed by atoms with van der Waals surface area (Å²) >= 11 is 0. The van der Waals surface area contributed by atoms with Gasteiger partial charge in [-0.05, 0) is 18.6 Å². The van der Waals surface area contributed by atoms with Crippen LogP contribution in [0.25, 0.3) is 0 Å². The summed E-state index contributed by atoms with van der Waals surface area (Å²) in [5, 5.41) is 3.52. The molecule has 0 aromatic heterocycles. The minimum atomic E-state index is -0.809. The van der Waals surface area contributed by atoms with Crippen LogP contribution in [0.1, 0.15) is 40.5 Å². The second kappa shape index (κ2) is 6.49. The van der Waals surface area contributed by atoms with E-state index in [0.717, 1.165) is 18.0 Å². The van der Waals surface area contributed by atoms with Gasteiger partial charge in [-0.1, -0.05) is 52.3 Å². The quantitative estimate of drug-likeness (QED) is 0.741. The van der Waals surface area contributed by atoms with Crippen molar-refractivity contribution in [1.82, 2.24) is 4.67 Å². The average Bonchev–Trinajstić information content (AvgIpc) is 2.81. The van der Waals surface area contributed by atoms with Crippen LogP contribution in [0.5, 0.6) is 0 Å². The number of anilines is 1. The maximum atomic E-state index is 6.18. The van der Waals surface area contributed by atoms with Crippen LogP contribution in [0.3, 0.4) is 0 Å². The van der Waals surface area contributed by atoms with Gasteiger partial charge in [0.2, 0.25) is 0 Å². The van der Waals surface area contributed by atoms with Crippen LogP contribution < -0.4 is 5.09 Å². The lowest BCUT2D eigenvalue weighted by Gasteiger charge is -2.25. The second-order valence-electron chi connectivity index (χ2n) is 6.10. The Morgan fingerprint density at radius 3 is 2.50 bits per heavy atom. The number of benzene rings is 1. The molecule has 0 spiro atoms. The lowest BCUT2D eigenvalue weighted by molar-refractivity contribution is 0.324. The molecule has 0 aliphatic carbocycles. The molecule has 1 aromatic rings. The van der Waals surface area contributed by atoms with Crippen LogP contribution in [0.4, 0.5) is 5.69 Å². The van der Waals surface area contributed by atoms with E-state index in [9.17, 15) is 0 Å². The third-order valence-corrected chi connectivity index (χ3v) is 4.76. The molecule has 0 saturated carbocycles. The molecule has 20 heavy (non-hydrogen) atoms. The van der Waals surface area contributed by atoms with E-state index < -0.39 is 8.45 Å². The first-order chi connectivity index (χ1) is 9.50. The Kier molecular flexibility index (Phi) is 4.93. The molecule has 0 bridgehead atoms. The summed E-state index contributed by atoms with van der Waals surface area (Å²) in [4.78, 5) is 0. The maximum absolute atomic E-state index is 6.18. The zero-order chi connectivity index (χ0) is 14.6. The molecule has 110 valence electrons. The van der Waals surface area contributed by atoms with Crippen molar-refractivity contribution >= 4 is 14.1 Å². The molecule has 1 unspecified atom stereocenters. The summed E-state index contributed by atoms with van der Waals surface area (Å²) in [6, 6.07) is 10.3. The molecule has 0 radical (unpaired) electrons. The van der Waals surface area contributed by atoms with Gasteiger partial charge in [0.15, 0.2) is 0 Å². The molecule has 1 N–H and O–H groups in total. The molecular weight excluding hydrogens is 267 g/mol. The van der Waals surface area contributed by atoms with Gasteiger partial charge in [-0.3, -0.25) is 0 Å². The van der Waals surface area contributed by atoms with Gasteiger partial charge < -0.3 is 14.3 Å². The van der Waals surface area contributed by atoms with Crippen LogP contribution in [-0.4, -0.2) is 11.2 Å². The average molecular weight is 292 g/mol. The van der Waals surface area contributed by atoms with E-state index in [0.29, 0.717) is 0 Å². The second-order valence-corrected chi connectivity index (χ2v) is 7.57. The molecule has 1 atom stereocenters. The Balaban J connectivity index is 2.07. The molecule has 1 aromatic carbocycles. The summed E-state index contributed by atoms with van der Waals surface area (Å²) in [6.07, 6.45) is 4.58. The number of hydrogen-bond acceptors (Lipinski definition) is 3. The first-order valence-corrected chi connectivity index (χ1v) is 8.50. The van der Waals surface area contributed by atoms with Crippen molar-refractivity contribution in [2.24, 2.45) is 5.41 Å². The van der Waals surface area contributed by atoms with Gasteiger partial charge in [-0.25, -0.2) is 0 Å². The van der Waals surface area contributed by atoms with Gasteiger partial charge in [0, 0.05) is 23.8 Å². The predicted octanol–water partition coefficient (Wildman–Crippen LogP) is 5.35. The summed E-state index contributed by atoms with van der Waals surface area (Å²) in [5.74, 6) is 1.07. The lowest BCUT2D eigenvalue weighted by atomic mass is 9.94. The summed E-state index contributed by atoms with van der Waals surface area (Å²) in [7, 11) is -0.809. The van der Waals surface area contributed by atoms with Gasteiger partial charge in [-0.15, -0.1) is 0 Å². The molecule has 1 aliphatic rings. The smallest absolute Gasteiger partial charge is 0.306 e. The molecule has 3 nitrogen and oxygen atoms in total. The van der Waals surface area contributed by atoms with Crippen molar-refractivity contribution in [2.45, 2.75) is 40.5 Å². The highest BCUT2D eigenvalue weighted by molar-refractivity contribution is 7.52. The summed E-state index contributed by atoms with van der Waals surface area (Å²) in [5.41, 5.74) is 1.17. The van der Waals surface area contributed by atoms with Crippen molar-refractivity contribution in [1.29, 1.82) is 0 Å². The molecule has 0 fully saturated rings. The molecule has 2 rings (SSSR count). The Morgan fingerprint density at radius 1 is 1.20 bits per heavy atom. The number of nitrogens with zero attached hydrogens (tertiary/aromatic N) is 1. The Bertz CT molecular complexity index is 453. The van der Waals surface area contributed by atoms with Gasteiger partial charge in [0.1, 0.15) is 5.76 Å². The van der Waals surface area contributed by atoms with Crippen LogP contribution in [-0.2, 0) is 4.52 Å². The molecule has 1 aliphatic heterocycles. The number of para-hydroxylation sites is 1. The maximum Gasteiger partial charge on any atom is 0.306 e. The fourth-order valence-corrected chi connectivity index (χ4v) is 3.56. The highest BCUT2D eigenvalue weighted by Crippen LogP contribution is 2.52. The number of rotatable bonds is 5. The first kappa shape index (κ1) is 15.2. The van der Waals surface area contributed by atoms with E-state index in [1.807, 2.05) is 18.2 Å².